The van der Waals surface area contributed by atoms with Crippen LogP contribution in [0.25, 0.3) is 0 Å². The van der Waals surface area contributed by atoms with Gasteiger partial charge in [0.2, 0.25) is 5.91 Å². The number of aryl methyl sites for hydroxylation is 1. The van der Waals surface area contributed by atoms with Crippen LogP contribution in [0, 0.1) is 6.92 Å². The van der Waals surface area contributed by atoms with Crippen LogP contribution in [0.5, 0.6) is 0 Å². The van der Waals surface area contributed by atoms with Crippen molar-refractivity contribution in [3.8, 4) is 0 Å². The van der Waals surface area contributed by atoms with Gasteiger partial charge < -0.3 is 10.3 Å². The lowest BCUT2D eigenvalue weighted by Crippen LogP contribution is -2.61. The molecule has 2 aliphatic heterocycles. The highest BCUT2D eigenvalue weighted by Gasteiger charge is 2.45. The number of thiophene rings is 1. The van der Waals surface area contributed by atoms with E-state index < -0.39 is 0 Å². The van der Waals surface area contributed by atoms with E-state index in [4.69, 9.17) is 0 Å². The highest BCUT2D eigenvalue weighted by molar-refractivity contribution is 7.10. The third-order valence-electron chi connectivity index (χ3n) is 5.82. The summed E-state index contributed by atoms with van der Waals surface area (Å²) >= 11 is 1.84. The van der Waals surface area contributed by atoms with Gasteiger partial charge in [-0.15, -0.1) is 11.3 Å². The Labute approximate surface area is 164 Å². The summed E-state index contributed by atoms with van der Waals surface area (Å²) in [4.78, 5) is 24.6. The number of aromatic amines is 1. The summed E-state index contributed by atoms with van der Waals surface area (Å²) in [5.74, 6) is 0.0845. The molecule has 0 saturated carbocycles. The van der Waals surface area contributed by atoms with Gasteiger partial charge in [-0.05, 0) is 50.6 Å². The topological polar surface area (TPSA) is 73.1 Å². The minimum atomic E-state index is -0.202. The number of H-pyrrole nitrogens is 1. The molecule has 1 saturated heterocycles. The molecular formula is C20H29N5OS. The van der Waals surface area contributed by atoms with Crippen molar-refractivity contribution in [1.29, 1.82) is 0 Å². The van der Waals surface area contributed by atoms with E-state index in [1.54, 1.807) is 6.33 Å². The summed E-state index contributed by atoms with van der Waals surface area (Å²) in [6.45, 7) is 9.23. The first-order valence-corrected chi connectivity index (χ1v) is 10.7. The van der Waals surface area contributed by atoms with Gasteiger partial charge in [0, 0.05) is 42.7 Å². The molecule has 27 heavy (non-hydrogen) atoms. The van der Waals surface area contributed by atoms with Crippen molar-refractivity contribution >= 4 is 17.2 Å². The Morgan fingerprint density at radius 2 is 2.22 bits per heavy atom. The van der Waals surface area contributed by atoms with Crippen molar-refractivity contribution < 1.29 is 4.79 Å². The Morgan fingerprint density at radius 1 is 1.44 bits per heavy atom. The summed E-state index contributed by atoms with van der Waals surface area (Å²) in [7, 11) is 0. The number of hydrogen-bond donors (Lipinski definition) is 3. The van der Waals surface area contributed by atoms with Crippen LogP contribution < -0.4 is 10.6 Å². The minimum absolute atomic E-state index is 0.0845. The quantitative estimate of drug-likeness (QED) is 0.753. The van der Waals surface area contributed by atoms with Crippen molar-refractivity contribution in [2.45, 2.75) is 64.2 Å². The molecule has 1 fully saturated rings. The van der Waals surface area contributed by atoms with Gasteiger partial charge in [-0.2, -0.15) is 0 Å². The fraction of sp³-hybridized carbons (Fsp3) is 0.600. The number of likely N-dealkylation sites (tertiary alicyclic amines) is 1. The van der Waals surface area contributed by atoms with Gasteiger partial charge in [-0.1, -0.05) is 0 Å². The number of aromatic nitrogens is 2. The van der Waals surface area contributed by atoms with Crippen molar-refractivity contribution in [3.63, 3.8) is 0 Å². The first kappa shape index (κ1) is 18.7. The maximum Gasteiger partial charge on any atom is 0.237 e. The Morgan fingerprint density at radius 3 is 2.89 bits per heavy atom. The molecule has 2 aliphatic rings. The third kappa shape index (κ3) is 3.68. The molecule has 0 unspecified atom stereocenters. The predicted octanol–water partition coefficient (Wildman–Crippen LogP) is 2.31. The average Bonchev–Trinajstić information content (AvgIpc) is 3.26. The van der Waals surface area contributed by atoms with Crippen LogP contribution in [0.3, 0.4) is 0 Å². The average molecular weight is 388 g/mol. The summed E-state index contributed by atoms with van der Waals surface area (Å²) in [5, 5.41) is 8.92. The second-order valence-electron chi connectivity index (χ2n) is 8.18. The van der Waals surface area contributed by atoms with Gasteiger partial charge in [0.15, 0.2) is 0 Å². The molecule has 0 radical (unpaired) electrons. The zero-order chi connectivity index (χ0) is 19.0. The van der Waals surface area contributed by atoms with Crippen molar-refractivity contribution in [2.75, 3.05) is 13.1 Å². The molecule has 0 aromatic carbocycles. The van der Waals surface area contributed by atoms with Gasteiger partial charge >= 0.3 is 0 Å². The summed E-state index contributed by atoms with van der Waals surface area (Å²) in [6, 6.07) is 2.14. The maximum absolute atomic E-state index is 12.7. The van der Waals surface area contributed by atoms with Crippen LogP contribution in [0.1, 0.15) is 48.5 Å². The van der Waals surface area contributed by atoms with Gasteiger partial charge in [0.1, 0.15) is 0 Å². The van der Waals surface area contributed by atoms with E-state index in [1.807, 2.05) is 25.2 Å². The zero-order valence-electron chi connectivity index (χ0n) is 16.3. The molecule has 7 heteroatoms. The number of amides is 1. The Kier molecular flexibility index (Phi) is 5.09. The van der Waals surface area contributed by atoms with Crippen LogP contribution >= 0.6 is 11.3 Å². The van der Waals surface area contributed by atoms with Crippen molar-refractivity contribution in [2.24, 2.45) is 0 Å². The number of hydrogen-bond acceptors (Lipinski definition) is 5. The van der Waals surface area contributed by atoms with E-state index in [-0.39, 0.29) is 23.5 Å². The Bertz CT molecular complexity index is 803. The number of imidazole rings is 1. The summed E-state index contributed by atoms with van der Waals surface area (Å²) in [5.41, 5.74) is 3.41. The Hall–Kier alpha value is -1.70. The minimum Gasteiger partial charge on any atom is -0.353 e. The standard InChI is InChI=1S/C20H29N5OS/c1-13(2)23-19(26)16-10-15-18(22-12-21-15)20(24-16)5-7-25(8-6-20)11-17-14(3)4-9-27-17/h4,9,12-13,16,24H,5-8,10-11H2,1-3H3,(H,21,22)(H,23,26)/t16-/m0/s1. The molecule has 6 nitrogen and oxygen atoms in total. The van der Waals surface area contributed by atoms with E-state index in [1.165, 1.54) is 10.4 Å². The van der Waals surface area contributed by atoms with E-state index in [9.17, 15) is 4.79 Å². The first-order valence-electron chi connectivity index (χ1n) is 9.83. The summed E-state index contributed by atoms with van der Waals surface area (Å²) < 4.78 is 0. The molecule has 3 N–H and O–H groups in total. The number of rotatable bonds is 4. The van der Waals surface area contributed by atoms with Crippen LogP contribution in [0.4, 0.5) is 0 Å². The second-order valence-corrected chi connectivity index (χ2v) is 9.18. The van der Waals surface area contributed by atoms with E-state index in [2.05, 4.69) is 43.9 Å². The van der Waals surface area contributed by atoms with Gasteiger partial charge in [0.05, 0.1) is 23.6 Å². The van der Waals surface area contributed by atoms with Crippen LogP contribution in [0.2, 0.25) is 0 Å². The number of nitrogens with zero attached hydrogens (tertiary/aromatic N) is 2. The van der Waals surface area contributed by atoms with Crippen molar-refractivity contribution in [1.82, 2.24) is 25.5 Å². The molecule has 146 valence electrons. The SMILES string of the molecule is Cc1ccsc1CN1CCC2(CC1)N[C@H](C(=O)NC(C)C)Cc1[nH]cnc12. The number of nitrogens with one attached hydrogen (secondary N) is 3. The molecule has 2 aromatic rings. The molecule has 1 spiro atoms. The maximum atomic E-state index is 12.7. The highest BCUT2D eigenvalue weighted by atomic mass is 32.1. The van der Waals surface area contributed by atoms with Crippen LogP contribution in [-0.2, 0) is 23.3 Å². The summed E-state index contributed by atoms with van der Waals surface area (Å²) in [6.07, 6.45) is 4.40. The van der Waals surface area contributed by atoms with Gasteiger partial charge in [0.25, 0.3) is 0 Å². The molecule has 0 bridgehead atoms. The fourth-order valence-corrected chi connectivity index (χ4v) is 5.28. The molecule has 2 aromatic heterocycles. The first-order chi connectivity index (χ1) is 13.0. The smallest absolute Gasteiger partial charge is 0.237 e. The molecule has 4 rings (SSSR count). The molecule has 0 aliphatic carbocycles. The number of carbonyl (C=O) groups excluding carboxylic acids is 1. The van der Waals surface area contributed by atoms with E-state index in [0.717, 1.165) is 43.9 Å². The van der Waals surface area contributed by atoms with Gasteiger partial charge in [-0.3, -0.25) is 15.0 Å². The molecule has 1 atom stereocenters. The largest absolute Gasteiger partial charge is 0.353 e. The predicted molar refractivity (Wildman–Crippen MR) is 108 cm³/mol. The molecule has 4 heterocycles. The Balaban J connectivity index is 1.49. The fourth-order valence-electron chi connectivity index (χ4n) is 4.33. The van der Waals surface area contributed by atoms with E-state index >= 15 is 0 Å². The second kappa shape index (κ2) is 7.37. The van der Waals surface area contributed by atoms with Crippen LogP contribution in [-0.4, -0.2) is 45.9 Å². The number of carbonyl (C=O) groups is 1. The zero-order valence-corrected chi connectivity index (χ0v) is 17.2. The highest BCUT2D eigenvalue weighted by Crippen LogP contribution is 2.38. The molecular weight excluding hydrogens is 358 g/mol. The third-order valence-corrected chi connectivity index (χ3v) is 6.83. The number of piperidine rings is 1. The van der Waals surface area contributed by atoms with Crippen LogP contribution in [0.15, 0.2) is 17.8 Å². The normalized spacial score (nSPS) is 22.1. The number of fused-ring (bicyclic) bond motifs is 2. The lowest BCUT2D eigenvalue weighted by Gasteiger charge is -2.46. The molecule has 1 amide bonds. The lowest BCUT2D eigenvalue weighted by molar-refractivity contribution is -0.124. The van der Waals surface area contributed by atoms with E-state index in [0.29, 0.717) is 6.42 Å². The lowest BCUT2D eigenvalue weighted by atomic mass is 9.78. The van der Waals surface area contributed by atoms with Gasteiger partial charge in [-0.25, -0.2) is 4.98 Å². The van der Waals surface area contributed by atoms with Crippen molar-refractivity contribution in [3.05, 3.63) is 39.6 Å². The monoisotopic (exact) mass is 387 g/mol.